The number of anilines is 1. The first-order chi connectivity index (χ1) is 11.4. The molecule has 1 aliphatic heterocycles. The zero-order valence-corrected chi connectivity index (χ0v) is 9.72. The number of nitrogens with zero attached hydrogens (tertiary/aromatic N) is 2. The van der Waals surface area contributed by atoms with E-state index in [1.165, 1.54) is 18.2 Å². The maximum atomic E-state index is 8.16. The Morgan fingerprint density at radius 3 is 2.73 bits per heavy atom. The molecule has 1 aliphatic rings. The van der Waals surface area contributed by atoms with Gasteiger partial charge < -0.3 is 9.80 Å². The fourth-order valence-corrected chi connectivity index (χ4v) is 1.49. The highest BCUT2D eigenvalue weighted by Crippen LogP contribution is 2.27. The maximum Gasteiger partial charge on any atom is 0.0549 e. The number of hydrogen-bond donors (Lipinski definition) is 0. The van der Waals surface area contributed by atoms with E-state index in [1.807, 2.05) is 0 Å². The first-order valence-electron chi connectivity index (χ1n) is 9.46. The minimum atomic E-state index is -3.43. The van der Waals surface area contributed by atoms with Crippen LogP contribution in [-0.4, -0.2) is 37.9 Å². The molecule has 2 rings (SSSR count). The van der Waals surface area contributed by atoms with Gasteiger partial charge in [-0.15, -0.1) is 0 Å². The molecular formula is C11H14BrClN2. The van der Waals surface area contributed by atoms with E-state index in [1.54, 1.807) is 0 Å². The van der Waals surface area contributed by atoms with Crippen LogP contribution in [0.1, 0.15) is 15.1 Å². The van der Waals surface area contributed by atoms with Gasteiger partial charge in [-0.3, -0.25) is 0 Å². The van der Waals surface area contributed by atoms with Gasteiger partial charge in [-0.25, -0.2) is 0 Å². The lowest BCUT2D eigenvalue weighted by Crippen LogP contribution is -2.44. The van der Waals surface area contributed by atoms with Gasteiger partial charge in [0.05, 0.1) is 10.5 Å². The normalized spacial score (nSPS) is 43.3. The Morgan fingerprint density at radius 1 is 1.40 bits per heavy atom. The van der Waals surface area contributed by atoms with Gasteiger partial charge in [-0.05, 0) is 41.1 Å². The van der Waals surface area contributed by atoms with Crippen molar-refractivity contribution in [3.8, 4) is 0 Å². The third-order valence-electron chi connectivity index (χ3n) is 1.71. The van der Waals surface area contributed by atoms with Gasteiger partial charge in [-0.1, -0.05) is 11.6 Å². The molecule has 15 heavy (non-hydrogen) atoms. The molecule has 0 aliphatic carbocycles. The van der Waals surface area contributed by atoms with Gasteiger partial charge >= 0.3 is 0 Å². The largest absolute Gasteiger partial charge is 0.369 e. The molecule has 4 heteroatoms. The molecule has 1 heterocycles. The zero-order valence-electron chi connectivity index (χ0n) is 18.4. The molecule has 1 saturated heterocycles. The summed E-state index contributed by atoms with van der Waals surface area (Å²) in [6.07, 6.45) is 0. The highest BCUT2D eigenvalue weighted by Gasteiger charge is 2.14. The lowest BCUT2D eigenvalue weighted by Gasteiger charge is -2.34. The Kier molecular flexibility index (Phi) is 1.23. The molecule has 0 bridgehead atoms. The zero-order chi connectivity index (χ0) is 20.5. The molecule has 1 fully saturated rings. The number of rotatable bonds is 1. The summed E-state index contributed by atoms with van der Waals surface area (Å²) < 4.78 is 87.3. The molecule has 0 atom stereocenters. The Balaban J connectivity index is 2.80. The summed E-state index contributed by atoms with van der Waals surface area (Å²) in [5.41, 5.74) is -0.214. The lowest BCUT2D eigenvalue weighted by molar-refractivity contribution is 0.313. The molecule has 82 valence electrons. The van der Waals surface area contributed by atoms with Crippen molar-refractivity contribution in [2.24, 2.45) is 0 Å². The average Bonchev–Trinajstić information content (AvgIpc) is 2.38. The van der Waals surface area contributed by atoms with E-state index in [0.29, 0.717) is 0 Å². The van der Waals surface area contributed by atoms with E-state index in [-0.39, 0.29) is 25.0 Å². The van der Waals surface area contributed by atoms with Crippen LogP contribution in [0, 0.1) is 0 Å². The number of likely N-dealkylation sites (N-methyl/N-ethyl adjacent to an activating group) is 1. The van der Waals surface area contributed by atoms with Gasteiger partial charge in [0.15, 0.2) is 0 Å². The highest BCUT2D eigenvalue weighted by molar-refractivity contribution is 9.10. The second-order valence-corrected chi connectivity index (χ2v) is 3.98. The molecule has 2 nitrogen and oxygen atoms in total. The molecule has 1 aromatic rings. The van der Waals surface area contributed by atoms with Crippen molar-refractivity contribution in [3.05, 3.63) is 27.7 Å². The second kappa shape index (κ2) is 4.73. The fraction of sp³-hybridized carbons (Fsp3) is 0.455. The molecule has 0 saturated carbocycles. The predicted molar refractivity (Wildman–Crippen MR) is 68.9 cm³/mol. The summed E-state index contributed by atoms with van der Waals surface area (Å²) in [6, 6.07) is 3.70. The second-order valence-electron chi connectivity index (χ2n) is 2.72. The Hall–Kier alpha value is -0.250. The Bertz CT molecular complexity index is 693. The minimum absolute atomic E-state index is 0.214. The summed E-state index contributed by atoms with van der Waals surface area (Å²) in [5.74, 6) is 0. The van der Waals surface area contributed by atoms with Gasteiger partial charge in [-0.2, -0.15) is 0 Å². The van der Waals surface area contributed by atoms with Crippen LogP contribution in [0.25, 0.3) is 0 Å². The number of hydrogen-bond acceptors (Lipinski definition) is 2. The molecule has 0 N–H and O–H groups in total. The van der Waals surface area contributed by atoms with Crippen molar-refractivity contribution in [1.29, 1.82) is 0 Å². The third-order valence-corrected chi connectivity index (χ3v) is 2.92. The fourth-order valence-electron chi connectivity index (χ4n) is 1.01. The molecule has 0 spiro atoms. The average molecular weight is 301 g/mol. The van der Waals surface area contributed by atoms with E-state index >= 15 is 0 Å². The lowest BCUT2D eigenvalue weighted by atomic mass is 10.2. The summed E-state index contributed by atoms with van der Waals surface area (Å²) in [5, 5.41) is 0.224. The topological polar surface area (TPSA) is 6.48 Å². The number of piperazine rings is 1. The van der Waals surface area contributed by atoms with Gasteiger partial charge in [0.2, 0.25) is 0 Å². The highest BCUT2D eigenvalue weighted by atomic mass is 79.9. The van der Waals surface area contributed by atoms with Gasteiger partial charge in [0, 0.05) is 45.7 Å². The summed E-state index contributed by atoms with van der Waals surface area (Å²) in [4.78, 5) is -0.0994. The Morgan fingerprint density at radius 2 is 2.13 bits per heavy atom. The van der Waals surface area contributed by atoms with Crippen LogP contribution in [0.5, 0.6) is 0 Å². The van der Waals surface area contributed by atoms with Crippen molar-refractivity contribution in [2.75, 3.05) is 37.9 Å². The quantitative estimate of drug-likeness (QED) is 0.787. The monoisotopic (exact) mass is 299 g/mol. The van der Waals surface area contributed by atoms with Crippen LogP contribution in [0.15, 0.2) is 22.7 Å². The van der Waals surface area contributed by atoms with E-state index in [0.717, 1.165) is 0 Å². The summed E-state index contributed by atoms with van der Waals surface area (Å²) >= 11 is 8.97. The van der Waals surface area contributed by atoms with E-state index in [4.69, 9.17) is 26.7 Å². The van der Waals surface area contributed by atoms with Crippen molar-refractivity contribution in [2.45, 2.75) is 0 Å². The first kappa shape index (κ1) is 3.90. The molecular weight excluding hydrogens is 275 g/mol. The van der Waals surface area contributed by atoms with Crippen LogP contribution in [0.2, 0.25) is 5.02 Å². The van der Waals surface area contributed by atoms with Crippen molar-refractivity contribution < 1.29 is 15.1 Å². The number of halogens is 2. The molecule has 1 aromatic carbocycles. The summed E-state index contributed by atoms with van der Waals surface area (Å²) in [6.45, 7) is -16.7. The van der Waals surface area contributed by atoms with Crippen LogP contribution >= 0.6 is 27.5 Å². The SMILES string of the molecule is [2H]C([2H])([2H])N1C([2H])([2H])C([2H])([2H])N(c2ccc(Cl)c(Br)c2)C([2H])([2H])C1([2H])[2H]. The van der Waals surface area contributed by atoms with E-state index in [2.05, 4.69) is 15.9 Å². The maximum absolute atomic E-state index is 8.16. The predicted octanol–water partition coefficient (Wildman–Crippen LogP) is 2.85. The molecule has 0 amide bonds. The standard InChI is InChI=1S/C11H14BrClN2/c1-14-4-6-15(7-5-14)9-2-3-11(13)10(12)8-9/h2-3,8H,4-7H2,1H3/i1D3,4D2,5D2,6D2,7D2. The van der Waals surface area contributed by atoms with E-state index in [9.17, 15) is 0 Å². The smallest absolute Gasteiger partial charge is 0.0549 e. The van der Waals surface area contributed by atoms with Crippen molar-refractivity contribution >= 4 is 33.2 Å². The minimum Gasteiger partial charge on any atom is -0.369 e. The number of benzene rings is 1. The summed E-state index contributed by atoms with van der Waals surface area (Å²) in [7, 11) is 0. The van der Waals surface area contributed by atoms with Crippen LogP contribution in [0.4, 0.5) is 5.69 Å². The van der Waals surface area contributed by atoms with Crippen molar-refractivity contribution in [1.82, 2.24) is 4.90 Å². The molecule has 0 unspecified atom stereocenters. The van der Waals surface area contributed by atoms with Gasteiger partial charge in [0.25, 0.3) is 0 Å². The molecule has 0 aromatic heterocycles. The first-order valence-corrected chi connectivity index (χ1v) is 5.13. The van der Waals surface area contributed by atoms with Crippen molar-refractivity contribution in [3.63, 3.8) is 0 Å². The van der Waals surface area contributed by atoms with Crippen LogP contribution in [0.3, 0.4) is 0 Å². The van der Waals surface area contributed by atoms with E-state index < -0.39 is 33.0 Å². The molecule has 0 radical (unpaired) electrons. The van der Waals surface area contributed by atoms with Crippen LogP contribution in [-0.2, 0) is 0 Å². The Labute approximate surface area is 119 Å². The van der Waals surface area contributed by atoms with Gasteiger partial charge in [0.1, 0.15) is 0 Å². The third kappa shape index (κ3) is 2.65. The van der Waals surface area contributed by atoms with Crippen LogP contribution < -0.4 is 4.90 Å².